The molecule has 0 bridgehead atoms. The summed E-state index contributed by atoms with van der Waals surface area (Å²) in [6, 6.07) is 17.8. The largest absolute Gasteiger partial charge is 0.478 e. The Labute approximate surface area is 194 Å². The zero-order valence-electron chi connectivity index (χ0n) is 17.8. The molecule has 2 N–H and O–H groups in total. The maximum Gasteiger partial charge on any atom is 0.337 e. The molecule has 0 aliphatic heterocycles. The molecule has 0 unspecified atom stereocenters. The van der Waals surface area contributed by atoms with Gasteiger partial charge in [-0.2, -0.15) is 0 Å². The van der Waals surface area contributed by atoms with Gasteiger partial charge in [0, 0.05) is 35.0 Å². The number of rotatable bonds is 8. The third kappa shape index (κ3) is 5.75. The van der Waals surface area contributed by atoms with E-state index in [2.05, 4.69) is 9.97 Å². The number of carboxylic acid groups (broad SMARTS) is 1. The third-order valence-corrected chi connectivity index (χ3v) is 6.08. The van der Waals surface area contributed by atoms with Gasteiger partial charge in [0.2, 0.25) is 0 Å². The van der Waals surface area contributed by atoms with E-state index in [1.807, 2.05) is 43.3 Å². The van der Waals surface area contributed by atoms with Crippen molar-refractivity contribution < 1.29 is 19.1 Å². The van der Waals surface area contributed by atoms with Crippen molar-refractivity contribution in [2.24, 2.45) is 0 Å². The summed E-state index contributed by atoms with van der Waals surface area (Å²) in [6.45, 7) is 1.88. The minimum absolute atomic E-state index is 0.0367. The molecule has 33 heavy (non-hydrogen) atoms. The Kier molecular flexibility index (Phi) is 6.70. The van der Waals surface area contributed by atoms with Gasteiger partial charge in [0.25, 0.3) is 0 Å². The molecule has 2 aromatic heterocycles. The van der Waals surface area contributed by atoms with Crippen LogP contribution < -0.4 is 0 Å². The van der Waals surface area contributed by atoms with E-state index in [1.165, 1.54) is 24.0 Å². The second kappa shape index (κ2) is 9.83. The molecule has 0 aliphatic carbocycles. The van der Waals surface area contributed by atoms with Gasteiger partial charge in [0.15, 0.2) is 0 Å². The Hall–Kier alpha value is -3.71. The number of Topliss-reactive ketones (excluding diaryl/α,β-unsaturated/α-hetero) is 1. The lowest BCUT2D eigenvalue weighted by Gasteiger charge is -2.07. The van der Waals surface area contributed by atoms with Crippen LogP contribution in [-0.4, -0.2) is 26.8 Å². The Bertz CT molecular complexity index is 1320. The van der Waals surface area contributed by atoms with E-state index in [0.717, 1.165) is 20.9 Å². The van der Waals surface area contributed by atoms with Crippen molar-refractivity contribution in [1.82, 2.24) is 9.97 Å². The SMILES string of the molecule is Cc1ccc(F)c(CC(=O)Cc2ccc(Sc3ccnc(-c4cc(C(=O)O)c[nH]4)c3)cc2)c1. The molecule has 0 radical (unpaired) electrons. The average molecular weight is 461 g/mol. The number of aromatic carboxylic acids is 1. The van der Waals surface area contributed by atoms with Gasteiger partial charge >= 0.3 is 5.97 Å². The first-order chi connectivity index (χ1) is 15.9. The Morgan fingerprint density at radius 2 is 1.79 bits per heavy atom. The summed E-state index contributed by atoms with van der Waals surface area (Å²) < 4.78 is 13.9. The van der Waals surface area contributed by atoms with Gasteiger partial charge in [-0.3, -0.25) is 9.78 Å². The van der Waals surface area contributed by atoms with E-state index in [9.17, 15) is 14.0 Å². The Morgan fingerprint density at radius 3 is 2.52 bits per heavy atom. The van der Waals surface area contributed by atoms with Gasteiger partial charge < -0.3 is 10.1 Å². The fourth-order valence-electron chi connectivity index (χ4n) is 3.44. The van der Waals surface area contributed by atoms with Gasteiger partial charge in [-0.15, -0.1) is 0 Å². The summed E-state index contributed by atoms with van der Waals surface area (Å²) in [4.78, 5) is 32.7. The number of carbonyl (C=O) groups is 2. The number of aromatic nitrogens is 2. The molecule has 4 aromatic rings. The van der Waals surface area contributed by atoms with Crippen LogP contribution in [0.4, 0.5) is 4.39 Å². The quantitative estimate of drug-likeness (QED) is 0.351. The second-order valence-electron chi connectivity index (χ2n) is 7.72. The lowest BCUT2D eigenvalue weighted by atomic mass is 10.0. The topological polar surface area (TPSA) is 83.1 Å². The zero-order chi connectivity index (χ0) is 23.4. The number of pyridine rings is 1. The molecule has 166 valence electrons. The lowest BCUT2D eigenvalue weighted by molar-refractivity contribution is -0.117. The molecule has 2 heterocycles. The highest BCUT2D eigenvalue weighted by atomic mass is 32.2. The average Bonchev–Trinajstić information content (AvgIpc) is 3.29. The number of halogens is 1. The van der Waals surface area contributed by atoms with Crippen molar-refractivity contribution in [2.45, 2.75) is 29.6 Å². The molecule has 0 amide bonds. The van der Waals surface area contributed by atoms with Crippen molar-refractivity contribution in [3.8, 4) is 11.4 Å². The van der Waals surface area contributed by atoms with Crippen molar-refractivity contribution in [3.05, 3.63) is 101 Å². The summed E-state index contributed by atoms with van der Waals surface area (Å²) in [7, 11) is 0. The fraction of sp³-hybridized carbons (Fsp3) is 0.115. The first kappa shape index (κ1) is 22.5. The van der Waals surface area contributed by atoms with Crippen LogP contribution in [0.15, 0.2) is 82.8 Å². The maximum atomic E-state index is 13.9. The number of aryl methyl sites for hydroxylation is 1. The van der Waals surface area contributed by atoms with E-state index in [4.69, 9.17) is 5.11 Å². The molecule has 0 spiro atoms. The fourth-order valence-corrected chi connectivity index (χ4v) is 4.28. The normalized spacial score (nSPS) is 10.8. The van der Waals surface area contributed by atoms with Crippen molar-refractivity contribution in [1.29, 1.82) is 0 Å². The van der Waals surface area contributed by atoms with Gasteiger partial charge in [-0.25, -0.2) is 9.18 Å². The zero-order valence-corrected chi connectivity index (χ0v) is 18.7. The predicted octanol–water partition coefficient (Wildman–Crippen LogP) is 5.73. The summed E-state index contributed by atoms with van der Waals surface area (Å²) in [6.07, 6.45) is 3.44. The standard InChI is InChI=1S/C26H21FN2O3S/c1-16-2-7-23(27)18(10-16)12-20(30)11-17-3-5-21(6-4-17)33-22-8-9-28-25(14-22)24-13-19(15-29-24)26(31)32/h2-10,13-15,29H,11-12H2,1H3,(H,31,32). The molecular weight excluding hydrogens is 439 g/mol. The van der Waals surface area contributed by atoms with E-state index in [1.54, 1.807) is 24.4 Å². The maximum absolute atomic E-state index is 13.9. The van der Waals surface area contributed by atoms with Crippen LogP contribution in [-0.2, 0) is 17.6 Å². The van der Waals surface area contributed by atoms with E-state index in [-0.39, 0.29) is 30.0 Å². The van der Waals surface area contributed by atoms with Gasteiger partial charge in [-0.05, 0) is 54.4 Å². The third-order valence-electron chi connectivity index (χ3n) is 5.09. The molecule has 0 atom stereocenters. The summed E-state index contributed by atoms with van der Waals surface area (Å²) in [5.74, 6) is -1.38. The van der Waals surface area contributed by atoms with Crippen LogP contribution in [0.25, 0.3) is 11.4 Å². The molecular formula is C26H21FN2O3S. The van der Waals surface area contributed by atoms with Gasteiger partial charge in [0.1, 0.15) is 11.6 Å². The molecule has 0 fully saturated rings. The number of aromatic amines is 1. The smallest absolute Gasteiger partial charge is 0.337 e. The number of hydrogen-bond donors (Lipinski definition) is 2. The van der Waals surface area contributed by atoms with E-state index < -0.39 is 5.97 Å². The molecule has 7 heteroatoms. The first-order valence-corrected chi connectivity index (χ1v) is 11.1. The Morgan fingerprint density at radius 1 is 1.00 bits per heavy atom. The molecule has 4 rings (SSSR count). The van der Waals surface area contributed by atoms with Crippen molar-refractivity contribution in [2.75, 3.05) is 0 Å². The highest BCUT2D eigenvalue weighted by Crippen LogP contribution is 2.30. The number of carbonyl (C=O) groups excluding carboxylic acids is 1. The lowest BCUT2D eigenvalue weighted by Crippen LogP contribution is -2.08. The predicted molar refractivity (Wildman–Crippen MR) is 125 cm³/mol. The number of nitrogens with one attached hydrogen (secondary N) is 1. The van der Waals surface area contributed by atoms with Crippen LogP contribution >= 0.6 is 11.8 Å². The van der Waals surface area contributed by atoms with E-state index in [0.29, 0.717) is 17.0 Å². The molecule has 0 saturated carbocycles. The van der Waals surface area contributed by atoms with Gasteiger partial charge in [-0.1, -0.05) is 41.6 Å². The minimum Gasteiger partial charge on any atom is -0.478 e. The molecule has 0 saturated heterocycles. The highest BCUT2D eigenvalue weighted by molar-refractivity contribution is 7.99. The monoisotopic (exact) mass is 460 g/mol. The van der Waals surface area contributed by atoms with E-state index >= 15 is 0 Å². The number of nitrogens with zero attached hydrogens (tertiary/aromatic N) is 1. The second-order valence-corrected chi connectivity index (χ2v) is 8.86. The van der Waals surface area contributed by atoms with Crippen molar-refractivity contribution in [3.63, 3.8) is 0 Å². The number of hydrogen-bond acceptors (Lipinski definition) is 4. The van der Waals surface area contributed by atoms with Crippen LogP contribution in [0.5, 0.6) is 0 Å². The number of carboxylic acids is 1. The summed E-state index contributed by atoms with van der Waals surface area (Å²) in [5.41, 5.74) is 3.70. The van der Waals surface area contributed by atoms with Crippen LogP contribution in [0.3, 0.4) is 0 Å². The van der Waals surface area contributed by atoms with Crippen LogP contribution in [0.1, 0.15) is 27.0 Å². The number of ketones is 1. The number of H-pyrrole nitrogens is 1. The highest BCUT2D eigenvalue weighted by Gasteiger charge is 2.11. The summed E-state index contributed by atoms with van der Waals surface area (Å²) >= 11 is 1.54. The first-order valence-electron chi connectivity index (χ1n) is 10.3. The minimum atomic E-state index is -0.995. The van der Waals surface area contributed by atoms with Gasteiger partial charge in [0.05, 0.1) is 17.0 Å². The van der Waals surface area contributed by atoms with Crippen LogP contribution in [0, 0.1) is 12.7 Å². The number of benzene rings is 2. The molecule has 2 aromatic carbocycles. The molecule has 5 nitrogen and oxygen atoms in total. The van der Waals surface area contributed by atoms with Crippen molar-refractivity contribution >= 4 is 23.5 Å². The summed E-state index contributed by atoms with van der Waals surface area (Å²) in [5, 5.41) is 9.09. The molecule has 0 aliphatic rings. The van der Waals surface area contributed by atoms with Crippen LogP contribution in [0.2, 0.25) is 0 Å². The Balaban J connectivity index is 1.40.